The van der Waals surface area contributed by atoms with E-state index >= 15 is 0 Å². The molecule has 0 atom stereocenters. The monoisotopic (exact) mass is 264 g/mol. The van der Waals surface area contributed by atoms with E-state index in [-0.39, 0.29) is 6.54 Å². The minimum Gasteiger partial charge on any atom is -0.364 e. The topological polar surface area (TPSA) is 62.0 Å². The van der Waals surface area contributed by atoms with Crippen LogP contribution < -0.4 is 4.72 Å². The van der Waals surface area contributed by atoms with Gasteiger partial charge in [-0.25, -0.2) is 13.1 Å². The second-order valence-electron chi connectivity index (χ2n) is 4.27. The van der Waals surface area contributed by atoms with Gasteiger partial charge in [0, 0.05) is 11.9 Å². The zero-order valence-electron chi connectivity index (χ0n) is 10.4. The maximum atomic E-state index is 12.1. The summed E-state index contributed by atoms with van der Waals surface area (Å²) in [7, 11) is -3.45. The Morgan fingerprint density at radius 3 is 2.56 bits per heavy atom. The summed E-state index contributed by atoms with van der Waals surface area (Å²) < 4.78 is 26.7. The summed E-state index contributed by atoms with van der Waals surface area (Å²) in [5.41, 5.74) is 2.89. The number of H-pyrrole nitrogens is 1. The first-order valence-corrected chi connectivity index (χ1v) is 7.16. The quantitative estimate of drug-likeness (QED) is 0.888. The number of aromatic amines is 1. The molecule has 0 saturated heterocycles. The third-order valence-electron chi connectivity index (χ3n) is 2.90. The molecule has 0 bridgehead atoms. The Morgan fingerprint density at radius 2 is 1.94 bits per heavy atom. The highest BCUT2D eigenvalue weighted by atomic mass is 32.2. The summed E-state index contributed by atoms with van der Waals surface area (Å²) in [5, 5.41) is 0. The van der Waals surface area contributed by atoms with Gasteiger partial charge in [-0.05, 0) is 49.2 Å². The summed E-state index contributed by atoms with van der Waals surface area (Å²) in [5.74, 6) is 0. The van der Waals surface area contributed by atoms with Gasteiger partial charge in [0.1, 0.15) is 0 Å². The van der Waals surface area contributed by atoms with Crippen LogP contribution in [0.1, 0.15) is 16.8 Å². The Bertz CT molecular complexity index is 631. The van der Waals surface area contributed by atoms with Gasteiger partial charge in [0.05, 0.1) is 11.4 Å². The van der Waals surface area contributed by atoms with Crippen molar-refractivity contribution < 1.29 is 8.42 Å². The summed E-state index contributed by atoms with van der Waals surface area (Å²) >= 11 is 0. The highest BCUT2D eigenvalue weighted by Gasteiger charge is 2.14. The molecule has 0 fully saturated rings. The summed E-state index contributed by atoms with van der Waals surface area (Å²) in [4.78, 5) is 3.26. The molecule has 0 saturated carbocycles. The van der Waals surface area contributed by atoms with E-state index in [1.54, 1.807) is 18.3 Å². The van der Waals surface area contributed by atoms with E-state index in [2.05, 4.69) is 9.71 Å². The lowest BCUT2D eigenvalue weighted by Gasteiger charge is -2.08. The van der Waals surface area contributed by atoms with E-state index in [0.29, 0.717) is 4.90 Å². The van der Waals surface area contributed by atoms with Gasteiger partial charge in [0.15, 0.2) is 0 Å². The van der Waals surface area contributed by atoms with Crippen molar-refractivity contribution in [2.75, 3.05) is 0 Å². The zero-order valence-corrected chi connectivity index (χ0v) is 11.2. The molecule has 18 heavy (non-hydrogen) atoms. The van der Waals surface area contributed by atoms with Crippen molar-refractivity contribution in [1.82, 2.24) is 9.71 Å². The lowest BCUT2D eigenvalue weighted by atomic mass is 10.1. The van der Waals surface area contributed by atoms with Gasteiger partial charge in [0.2, 0.25) is 10.0 Å². The molecule has 2 N–H and O–H groups in total. The fourth-order valence-electron chi connectivity index (χ4n) is 1.61. The largest absolute Gasteiger partial charge is 0.364 e. The summed E-state index contributed by atoms with van der Waals surface area (Å²) in [6, 6.07) is 8.80. The van der Waals surface area contributed by atoms with E-state index < -0.39 is 10.0 Å². The third kappa shape index (κ3) is 2.80. The van der Waals surface area contributed by atoms with Gasteiger partial charge in [-0.15, -0.1) is 0 Å². The number of hydrogen-bond acceptors (Lipinski definition) is 2. The van der Waals surface area contributed by atoms with Crippen LogP contribution in [-0.2, 0) is 16.6 Å². The maximum absolute atomic E-state index is 12.1. The molecule has 0 unspecified atom stereocenters. The zero-order chi connectivity index (χ0) is 13.2. The minimum atomic E-state index is -3.45. The molecule has 2 aromatic rings. The van der Waals surface area contributed by atoms with Crippen LogP contribution in [0.25, 0.3) is 0 Å². The van der Waals surface area contributed by atoms with Crippen LogP contribution >= 0.6 is 0 Å². The van der Waals surface area contributed by atoms with Crippen LogP contribution in [0.15, 0.2) is 41.4 Å². The molecule has 1 aromatic heterocycles. The fraction of sp³-hybridized carbons (Fsp3) is 0.231. The standard InChI is InChI=1S/C13H16N2O2S/c1-10-5-6-13(8-11(10)2)18(16,17)15-9-12-4-3-7-14-12/h3-8,14-15H,9H2,1-2H3. The molecule has 5 heteroatoms. The number of sulfonamides is 1. The van der Waals surface area contributed by atoms with Crippen LogP contribution in [-0.4, -0.2) is 13.4 Å². The molecule has 0 spiro atoms. The average molecular weight is 264 g/mol. The molecule has 0 aliphatic carbocycles. The van der Waals surface area contributed by atoms with Gasteiger partial charge in [-0.3, -0.25) is 0 Å². The van der Waals surface area contributed by atoms with Crippen molar-refractivity contribution in [1.29, 1.82) is 0 Å². The van der Waals surface area contributed by atoms with Crippen molar-refractivity contribution in [2.45, 2.75) is 25.3 Å². The number of benzene rings is 1. The van der Waals surface area contributed by atoms with Crippen LogP contribution in [0.2, 0.25) is 0 Å². The highest BCUT2D eigenvalue weighted by Crippen LogP contribution is 2.14. The van der Waals surface area contributed by atoms with Crippen molar-refractivity contribution in [3.8, 4) is 0 Å². The minimum absolute atomic E-state index is 0.266. The first-order valence-electron chi connectivity index (χ1n) is 5.68. The number of aryl methyl sites for hydroxylation is 2. The Balaban J connectivity index is 2.17. The van der Waals surface area contributed by atoms with Crippen LogP contribution in [0.3, 0.4) is 0 Å². The molecule has 0 radical (unpaired) electrons. The fourth-order valence-corrected chi connectivity index (χ4v) is 2.71. The molecule has 96 valence electrons. The molecule has 2 rings (SSSR count). The van der Waals surface area contributed by atoms with Crippen LogP contribution in [0, 0.1) is 13.8 Å². The number of hydrogen-bond donors (Lipinski definition) is 2. The molecule has 4 nitrogen and oxygen atoms in total. The summed E-state index contributed by atoms with van der Waals surface area (Å²) in [6.07, 6.45) is 1.76. The number of nitrogens with one attached hydrogen (secondary N) is 2. The maximum Gasteiger partial charge on any atom is 0.240 e. The summed E-state index contributed by atoms with van der Waals surface area (Å²) in [6.45, 7) is 4.12. The SMILES string of the molecule is Cc1ccc(S(=O)(=O)NCc2ccc[nH]2)cc1C. The molecule has 0 aliphatic heterocycles. The van der Waals surface area contributed by atoms with Gasteiger partial charge in [0.25, 0.3) is 0 Å². The van der Waals surface area contributed by atoms with Gasteiger partial charge in [-0.1, -0.05) is 6.07 Å². The predicted octanol–water partition coefficient (Wildman–Crippen LogP) is 2.11. The van der Waals surface area contributed by atoms with E-state index in [0.717, 1.165) is 16.8 Å². The second kappa shape index (κ2) is 4.96. The molecule has 0 amide bonds. The Kier molecular flexibility index (Phi) is 3.54. The molecule has 0 aliphatic rings. The van der Waals surface area contributed by atoms with Gasteiger partial charge in [-0.2, -0.15) is 0 Å². The van der Waals surface area contributed by atoms with Gasteiger partial charge < -0.3 is 4.98 Å². The van der Waals surface area contributed by atoms with Crippen LogP contribution in [0.4, 0.5) is 0 Å². The predicted molar refractivity (Wildman–Crippen MR) is 70.7 cm³/mol. The van der Waals surface area contributed by atoms with E-state index in [4.69, 9.17) is 0 Å². The van der Waals surface area contributed by atoms with E-state index in [1.807, 2.05) is 32.0 Å². The lowest BCUT2D eigenvalue weighted by molar-refractivity contribution is 0.580. The molecule has 1 heterocycles. The smallest absolute Gasteiger partial charge is 0.240 e. The first-order chi connectivity index (χ1) is 8.49. The van der Waals surface area contributed by atoms with E-state index in [1.165, 1.54) is 0 Å². The van der Waals surface area contributed by atoms with Crippen molar-refractivity contribution in [2.24, 2.45) is 0 Å². The van der Waals surface area contributed by atoms with Crippen LogP contribution in [0.5, 0.6) is 0 Å². The third-order valence-corrected chi connectivity index (χ3v) is 4.30. The van der Waals surface area contributed by atoms with E-state index in [9.17, 15) is 8.42 Å². The number of rotatable bonds is 4. The Labute approximate surface area is 107 Å². The molecular weight excluding hydrogens is 248 g/mol. The highest BCUT2D eigenvalue weighted by molar-refractivity contribution is 7.89. The van der Waals surface area contributed by atoms with Crippen molar-refractivity contribution in [3.05, 3.63) is 53.3 Å². The first kappa shape index (κ1) is 12.9. The Morgan fingerprint density at radius 1 is 1.17 bits per heavy atom. The van der Waals surface area contributed by atoms with Gasteiger partial charge >= 0.3 is 0 Å². The lowest BCUT2D eigenvalue weighted by Crippen LogP contribution is -2.23. The average Bonchev–Trinajstić information content (AvgIpc) is 2.83. The van der Waals surface area contributed by atoms with Crippen molar-refractivity contribution in [3.63, 3.8) is 0 Å². The second-order valence-corrected chi connectivity index (χ2v) is 6.03. The molecular formula is C13H16N2O2S. The Hall–Kier alpha value is -1.59. The normalized spacial score (nSPS) is 11.7. The van der Waals surface area contributed by atoms with Crippen molar-refractivity contribution >= 4 is 10.0 Å². The molecule has 1 aromatic carbocycles. The number of aromatic nitrogens is 1.